The fourth-order valence-corrected chi connectivity index (χ4v) is 1.64. The molecular formula is C11H18N6. The predicted molar refractivity (Wildman–Crippen MR) is 65.4 cm³/mol. The first kappa shape index (κ1) is 11.6. The Morgan fingerprint density at radius 1 is 1.41 bits per heavy atom. The fraction of sp³-hybridized carbons (Fsp3) is 0.545. The molecule has 0 saturated carbocycles. The molecule has 1 N–H and O–H groups in total. The molecule has 0 unspecified atom stereocenters. The standard InChI is InChI=1S/C11H18N6/c1-9(2)7-17-5-4-12-11(17)13-6-10-15-14-8-16(10)3/h4-5,8-9H,6-7H2,1-3H3,(H,12,13). The van der Waals surface area contributed by atoms with Gasteiger partial charge < -0.3 is 14.5 Å². The molecule has 0 aliphatic carbocycles. The van der Waals surface area contributed by atoms with Gasteiger partial charge in [0.2, 0.25) is 5.95 Å². The maximum absolute atomic E-state index is 4.29. The summed E-state index contributed by atoms with van der Waals surface area (Å²) in [5, 5.41) is 11.1. The Kier molecular flexibility index (Phi) is 3.41. The number of nitrogens with one attached hydrogen (secondary N) is 1. The number of aromatic nitrogens is 5. The Morgan fingerprint density at radius 2 is 2.24 bits per heavy atom. The van der Waals surface area contributed by atoms with E-state index in [9.17, 15) is 0 Å². The molecule has 92 valence electrons. The SMILES string of the molecule is CC(C)Cn1ccnc1NCc1nncn1C. The Hall–Kier alpha value is -1.85. The summed E-state index contributed by atoms with van der Waals surface area (Å²) in [4.78, 5) is 4.29. The van der Waals surface area contributed by atoms with Gasteiger partial charge in [-0.3, -0.25) is 0 Å². The van der Waals surface area contributed by atoms with E-state index >= 15 is 0 Å². The summed E-state index contributed by atoms with van der Waals surface area (Å²) in [5.74, 6) is 2.37. The van der Waals surface area contributed by atoms with Gasteiger partial charge in [-0.05, 0) is 5.92 Å². The first-order chi connectivity index (χ1) is 8.16. The Bertz CT molecular complexity index is 470. The molecule has 0 saturated heterocycles. The maximum Gasteiger partial charge on any atom is 0.203 e. The molecule has 6 heteroatoms. The van der Waals surface area contributed by atoms with Crippen molar-refractivity contribution in [2.24, 2.45) is 13.0 Å². The van der Waals surface area contributed by atoms with Crippen LogP contribution in [0.1, 0.15) is 19.7 Å². The largest absolute Gasteiger partial charge is 0.348 e. The lowest BCUT2D eigenvalue weighted by Gasteiger charge is -2.11. The highest BCUT2D eigenvalue weighted by molar-refractivity contribution is 5.26. The van der Waals surface area contributed by atoms with Crippen LogP contribution in [0.15, 0.2) is 18.7 Å². The van der Waals surface area contributed by atoms with E-state index in [1.165, 1.54) is 0 Å². The van der Waals surface area contributed by atoms with Crippen LogP contribution in [0.5, 0.6) is 0 Å². The van der Waals surface area contributed by atoms with Crippen molar-refractivity contribution < 1.29 is 0 Å². The minimum Gasteiger partial charge on any atom is -0.348 e. The van der Waals surface area contributed by atoms with Crippen LogP contribution in [0, 0.1) is 5.92 Å². The van der Waals surface area contributed by atoms with Crippen LogP contribution in [0.4, 0.5) is 5.95 Å². The van der Waals surface area contributed by atoms with Gasteiger partial charge in [0.15, 0.2) is 5.82 Å². The van der Waals surface area contributed by atoms with Crippen molar-refractivity contribution >= 4 is 5.95 Å². The normalized spacial score (nSPS) is 11.1. The zero-order valence-electron chi connectivity index (χ0n) is 10.5. The zero-order valence-corrected chi connectivity index (χ0v) is 10.5. The summed E-state index contributed by atoms with van der Waals surface area (Å²) in [5.41, 5.74) is 0. The molecule has 2 aromatic heterocycles. The van der Waals surface area contributed by atoms with Crippen molar-refractivity contribution in [2.45, 2.75) is 26.9 Å². The average molecular weight is 234 g/mol. The highest BCUT2D eigenvalue weighted by atomic mass is 15.3. The van der Waals surface area contributed by atoms with Crippen LogP contribution in [0.3, 0.4) is 0 Å². The first-order valence-corrected chi connectivity index (χ1v) is 5.74. The van der Waals surface area contributed by atoms with Crippen molar-refractivity contribution in [3.63, 3.8) is 0 Å². The minimum absolute atomic E-state index is 0.597. The number of rotatable bonds is 5. The molecule has 2 heterocycles. The molecule has 0 bridgehead atoms. The van der Waals surface area contributed by atoms with Crippen molar-refractivity contribution in [3.8, 4) is 0 Å². The van der Waals surface area contributed by atoms with Gasteiger partial charge in [-0.2, -0.15) is 0 Å². The number of nitrogens with zero attached hydrogens (tertiary/aromatic N) is 5. The summed E-state index contributed by atoms with van der Waals surface area (Å²) >= 11 is 0. The van der Waals surface area contributed by atoms with Crippen molar-refractivity contribution in [2.75, 3.05) is 5.32 Å². The third-order valence-electron chi connectivity index (χ3n) is 2.49. The molecule has 0 aliphatic rings. The molecule has 0 aromatic carbocycles. The Balaban J connectivity index is 1.99. The van der Waals surface area contributed by atoms with E-state index < -0.39 is 0 Å². The summed E-state index contributed by atoms with van der Waals surface area (Å²) in [6.07, 6.45) is 5.48. The Morgan fingerprint density at radius 3 is 2.88 bits per heavy atom. The monoisotopic (exact) mass is 234 g/mol. The van der Waals surface area contributed by atoms with Gasteiger partial charge in [0.1, 0.15) is 6.33 Å². The summed E-state index contributed by atoms with van der Waals surface area (Å²) in [6.45, 7) is 5.96. The molecule has 6 nitrogen and oxygen atoms in total. The van der Waals surface area contributed by atoms with E-state index in [1.807, 2.05) is 17.8 Å². The van der Waals surface area contributed by atoms with Gasteiger partial charge in [0.05, 0.1) is 6.54 Å². The van der Waals surface area contributed by atoms with Gasteiger partial charge >= 0.3 is 0 Å². The number of hydrogen-bond acceptors (Lipinski definition) is 4. The highest BCUT2D eigenvalue weighted by Crippen LogP contribution is 2.09. The molecular weight excluding hydrogens is 216 g/mol. The number of imidazole rings is 1. The van der Waals surface area contributed by atoms with E-state index in [0.29, 0.717) is 12.5 Å². The molecule has 2 rings (SSSR count). The molecule has 0 aliphatic heterocycles. The number of aryl methyl sites for hydroxylation is 1. The van der Waals surface area contributed by atoms with Gasteiger partial charge in [-0.15, -0.1) is 10.2 Å². The van der Waals surface area contributed by atoms with E-state index in [2.05, 4.69) is 38.9 Å². The lowest BCUT2D eigenvalue weighted by atomic mass is 10.2. The van der Waals surface area contributed by atoms with E-state index in [1.54, 1.807) is 12.5 Å². The molecule has 17 heavy (non-hydrogen) atoms. The summed E-state index contributed by atoms with van der Waals surface area (Å²) in [6, 6.07) is 0. The predicted octanol–water partition coefficient (Wildman–Crippen LogP) is 1.28. The second kappa shape index (κ2) is 4.99. The molecule has 0 amide bonds. The highest BCUT2D eigenvalue weighted by Gasteiger charge is 2.06. The van der Waals surface area contributed by atoms with Crippen LogP contribution in [0.25, 0.3) is 0 Å². The average Bonchev–Trinajstić information content (AvgIpc) is 2.84. The molecule has 0 fully saturated rings. The Labute approximate surface area is 101 Å². The van der Waals surface area contributed by atoms with Gasteiger partial charge in [-0.1, -0.05) is 13.8 Å². The second-order valence-corrected chi connectivity index (χ2v) is 4.51. The lowest BCUT2D eigenvalue weighted by molar-refractivity contribution is 0.526. The fourth-order valence-electron chi connectivity index (χ4n) is 1.64. The van der Waals surface area contributed by atoms with Crippen LogP contribution < -0.4 is 5.32 Å². The smallest absolute Gasteiger partial charge is 0.203 e. The lowest BCUT2D eigenvalue weighted by Crippen LogP contribution is -2.12. The second-order valence-electron chi connectivity index (χ2n) is 4.51. The van der Waals surface area contributed by atoms with Crippen LogP contribution in [-0.2, 0) is 20.1 Å². The van der Waals surface area contributed by atoms with Crippen LogP contribution in [0.2, 0.25) is 0 Å². The van der Waals surface area contributed by atoms with E-state index in [-0.39, 0.29) is 0 Å². The third kappa shape index (κ3) is 2.83. The van der Waals surface area contributed by atoms with Crippen molar-refractivity contribution in [3.05, 3.63) is 24.5 Å². The van der Waals surface area contributed by atoms with E-state index in [0.717, 1.165) is 18.3 Å². The maximum atomic E-state index is 4.29. The summed E-state index contributed by atoms with van der Waals surface area (Å²) in [7, 11) is 1.93. The minimum atomic E-state index is 0.597. The number of anilines is 1. The topological polar surface area (TPSA) is 60.6 Å². The molecule has 0 spiro atoms. The quantitative estimate of drug-likeness (QED) is 0.846. The van der Waals surface area contributed by atoms with Crippen molar-refractivity contribution in [1.82, 2.24) is 24.3 Å². The van der Waals surface area contributed by atoms with Crippen molar-refractivity contribution in [1.29, 1.82) is 0 Å². The van der Waals surface area contributed by atoms with Gasteiger partial charge in [0, 0.05) is 26.0 Å². The number of hydrogen-bond donors (Lipinski definition) is 1. The van der Waals surface area contributed by atoms with Gasteiger partial charge in [-0.25, -0.2) is 4.98 Å². The first-order valence-electron chi connectivity index (χ1n) is 5.74. The van der Waals surface area contributed by atoms with E-state index in [4.69, 9.17) is 0 Å². The molecule has 2 aromatic rings. The van der Waals surface area contributed by atoms with Crippen LogP contribution >= 0.6 is 0 Å². The zero-order chi connectivity index (χ0) is 12.3. The summed E-state index contributed by atoms with van der Waals surface area (Å²) < 4.78 is 4.00. The molecule has 0 atom stereocenters. The van der Waals surface area contributed by atoms with Crippen LogP contribution in [-0.4, -0.2) is 24.3 Å². The third-order valence-corrected chi connectivity index (χ3v) is 2.49. The molecule has 0 radical (unpaired) electrons. The van der Waals surface area contributed by atoms with Gasteiger partial charge in [0.25, 0.3) is 0 Å².